The topological polar surface area (TPSA) is 64.6 Å². The fourth-order valence-corrected chi connectivity index (χ4v) is 2.08. The highest BCUT2D eigenvalue weighted by Gasteiger charge is 2.33. The van der Waals surface area contributed by atoms with E-state index in [9.17, 15) is 9.36 Å². The second-order valence-corrected chi connectivity index (χ2v) is 4.09. The Morgan fingerprint density at radius 3 is 2.00 bits per heavy atom. The van der Waals surface area contributed by atoms with Crippen molar-refractivity contribution in [3.8, 4) is 0 Å². The maximum Gasteiger partial charge on any atom is 0.418 e. The second kappa shape index (κ2) is 6.13. The number of hydrogen-bond donors (Lipinski definition) is 1. The normalized spacial score (nSPS) is 11.3. The van der Waals surface area contributed by atoms with Crippen LogP contribution in [0.5, 0.6) is 0 Å². The monoisotopic (exact) mass is 209 g/mol. The van der Waals surface area contributed by atoms with Crippen LogP contribution in [0.25, 0.3) is 0 Å². The maximum atomic E-state index is 11.6. The van der Waals surface area contributed by atoms with Crippen LogP contribution in [0.2, 0.25) is 0 Å². The van der Waals surface area contributed by atoms with Gasteiger partial charge in [0.05, 0.1) is 13.2 Å². The summed E-state index contributed by atoms with van der Waals surface area (Å²) in [5.74, 6) is 0. The molecule has 1 N–H and O–H groups in total. The number of rotatable bonds is 6. The summed E-state index contributed by atoms with van der Waals surface area (Å²) in [6, 6.07) is 0. The molecular formula is C7H16NO4P. The molecule has 0 saturated heterocycles. The van der Waals surface area contributed by atoms with E-state index >= 15 is 0 Å². The lowest BCUT2D eigenvalue weighted by molar-refractivity contribution is 0.207. The Balaban J connectivity index is 4.38. The van der Waals surface area contributed by atoms with Crippen molar-refractivity contribution >= 4 is 13.2 Å². The number of carbonyl (C=O) groups excluding carboxylic acids is 1. The zero-order valence-electron chi connectivity index (χ0n) is 8.20. The molecule has 0 aliphatic carbocycles. The van der Waals surface area contributed by atoms with E-state index in [1.165, 1.54) is 0 Å². The molecule has 5 nitrogen and oxygen atoms in total. The summed E-state index contributed by atoms with van der Waals surface area (Å²) in [6.45, 7) is 5.84. The van der Waals surface area contributed by atoms with E-state index in [-0.39, 0.29) is 13.2 Å². The van der Waals surface area contributed by atoms with Gasteiger partial charge in [-0.3, -0.25) is 4.79 Å². The molecule has 0 heterocycles. The third-order valence-electron chi connectivity index (χ3n) is 1.17. The summed E-state index contributed by atoms with van der Waals surface area (Å²) in [4.78, 5) is 11.2. The Morgan fingerprint density at radius 1 is 1.23 bits per heavy atom. The van der Waals surface area contributed by atoms with E-state index in [4.69, 9.17) is 9.05 Å². The van der Waals surface area contributed by atoms with Crippen LogP contribution in [0.1, 0.15) is 20.8 Å². The van der Waals surface area contributed by atoms with Crippen molar-refractivity contribution < 1.29 is 18.4 Å². The van der Waals surface area contributed by atoms with Crippen molar-refractivity contribution in [1.29, 1.82) is 0 Å². The Bertz CT molecular complexity index is 197. The summed E-state index contributed by atoms with van der Waals surface area (Å²) in [5, 5.41) is 2.40. The highest BCUT2D eigenvalue weighted by atomic mass is 31.2. The van der Waals surface area contributed by atoms with Crippen LogP contribution in [0, 0.1) is 0 Å². The maximum absolute atomic E-state index is 11.6. The first-order valence-corrected chi connectivity index (χ1v) is 5.82. The summed E-state index contributed by atoms with van der Waals surface area (Å²) < 4.78 is 21.3. The van der Waals surface area contributed by atoms with Gasteiger partial charge in [-0.15, -0.1) is 0 Å². The predicted molar refractivity (Wildman–Crippen MR) is 49.9 cm³/mol. The van der Waals surface area contributed by atoms with Gasteiger partial charge in [0.15, 0.2) is 0 Å². The van der Waals surface area contributed by atoms with Gasteiger partial charge in [0.1, 0.15) is 0 Å². The highest BCUT2D eigenvalue weighted by Crippen LogP contribution is 2.48. The molecule has 0 atom stereocenters. The quantitative estimate of drug-likeness (QED) is 0.679. The van der Waals surface area contributed by atoms with Gasteiger partial charge in [0, 0.05) is 6.54 Å². The van der Waals surface area contributed by atoms with Crippen LogP contribution in [0.3, 0.4) is 0 Å². The van der Waals surface area contributed by atoms with Crippen LogP contribution in [-0.2, 0) is 13.6 Å². The molecule has 0 bridgehead atoms. The Morgan fingerprint density at radius 2 is 1.69 bits per heavy atom. The van der Waals surface area contributed by atoms with Gasteiger partial charge in [0.2, 0.25) is 0 Å². The van der Waals surface area contributed by atoms with E-state index in [2.05, 4.69) is 5.32 Å². The molecule has 13 heavy (non-hydrogen) atoms. The predicted octanol–water partition coefficient (Wildman–Crippen LogP) is 1.98. The van der Waals surface area contributed by atoms with Crippen molar-refractivity contribution in [2.24, 2.45) is 0 Å². The largest absolute Gasteiger partial charge is 0.418 e. The van der Waals surface area contributed by atoms with Gasteiger partial charge in [-0.1, -0.05) is 0 Å². The molecule has 0 unspecified atom stereocenters. The van der Waals surface area contributed by atoms with E-state index in [1.54, 1.807) is 20.8 Å². The average Bonchev–Trinajstić information content (AvgIpc) is 2.05. The highest BCUT2D eigenvalue weighted by molar-refractivity contribution is 7.71. The van der Waals surface area contributed by atoms with Gasteiger partial charge < -0.3 is 14.4 Å². The Kier molecular flexibility index (Phi) is 5.95. The zero-order valence-corrected chi connectivity index (χ0v) is 9.10. The summed E-state index contributed by atoms with van der Waals surface area (Å²) in [7, 11) is -3.58. The van der Waals surface area contributed by atoms with Crippen molar-refractivity contribution in [2.45, 2.75) is 20.8 Å². The fourth-order valence-electron chi connectivity index (χ4n) is 0.742. The standard InChI is InChI=1S/C7H16NO4P/c1-4-8-7(9)13(10,11-5-2)12-6-3/h4-6H2,1-3H3,(H,8,9). The molecule has 1 amide bonds. The summed E-state index contributed by atoms with van der Waals surface area (Å²) >= 11 is 0. The van der Waals surface area contributed by atoms with Crippen molar-refractivity contribution in [3.05, 3.63) is 0 Å². The molecule has 0 aromatic rings. The lowest BCUT2D eigenvalue weighted by Crippen LogP contribution is -2.23. The van der Waals surface area contributed by atoms with Crippen LogP contribution in [0.15, 0.2) is 0 Å². The van der Waals surface area contributed by atoms with Gasteiger partial charge in [-0.2, -0.15) is 0 Å². The van der Waals surface area contributed by atoms with Crippen LogP contribution in [0.4, 0.5) is 4.79 Å². The number of nitrogens with one attached hydrogen (secondary N) is 1. The molecule has 6 heteroatoms. The number of carbonyl (C=O) groups is 1. The van der Waals surface area contributed by atoms with E-state index in [1.807, 2.05) is 0 Å². The summed E-state index contributed by atoms with van der Waals surface area (Å²) in [5.41, 5.74) is -0.668. The van der Waals surface area contributed by atoms with Gasteiger partial charge in [-0.25, -0.2) is 4.57 Å². The molecule has 0 radical (unpaired) electrons. The van der Waals surface area contributed by atoms with E-state index in [0.29, 0.717) is 6.54 Å². The molecule has 0 aliphatic heterocycles. The molecule has 0 saturated carbocycles. The molecule has 0 rings (SSSR count). The minimum Gasteiger partial charge on any atom is -0.346 e. The second-order valence-electron chi connectivity index (χ2n) is 2.17. The molecule has 0 fully saturated rings. The fraction of sp³-hybridized carbons (Fsp3) is 0.857. The van der Waals surface area contributed by atoms with Crippen molar-refractivity contribution in [1.82, 2.24) is 5.32 Å². The smallest absolute Gasteiger partial charge is 0.346 e. The minimum absolute atomic E-state index is 0.189. The minimum atomic E-state index is -3.58. The SMILES string of the molecule is CCNC(=O)P(=O)(OCC)OCC. The van der Waals surface area contributed by atoms with E-state index < -0.39 is 13.2 Å². The number of amides is 1. The van der Waals surface area contributed by atoms with Crippen LogP contribution < -0.4 is 5.32 Å². The Hall–Kier alpha value is -0.380. The first kappa shape index (κ1) is 12.6. The summed E-state index contributed by atoms with van der Waals surface area (Å²) in [6.07, 6.45) is 0. The first-order chi connectivity index (χ1) is 6.10. The lowest BCUT2D eigenvalue weighted by Gasteiger charge is -2.15. The molecule has 78 valence electrons. The Labute approximate surface area is 78.3 Å². The lowest BCUT2D eigenvalue weighted by atomic mass is 10.8. The third-order valence-corrected chi connectivity index (χ3v) is 3.03. The zero-order chi connectivity index (χ0) is 10.3. The molecule has 0 aromatic carbocycles. The molecule has 0 aromatic heterocycles. The van der Waals surface area contributed by atoms with E-state index in [0.717, 1.165) is 0 Å². The third kappa shape index (κ3) is 3.89. The van der Waals surface area contributed by atoms with Crippen LogP contribution in [-0.4, -0.2) is 25.4 Å². The molecule has 0 spiro atoms. The van der Waals surface area contributed by atoms with Crippen molar-refractivity contribution in [2.75, 3.05) is 19.8 Å². The van der Waals surface area contributed by atoms with Crippen LogP contribution >= 0.6 is 7.60 Å². The molecular weight excluding hydrogens is 193 g/mol. The van der Waals surface area contributed by atoms with Gasteiger partial charge in [-0.05, 0) is 20.8 Å². The average molecular weight is 209 g/mol. The van der Waals surface area contributed by atoms with Gasteiger partial charge in [0.25, 0.3) is 0 Å². The number of hydrogen-bond acceptors (Lipinski definition) is 4. The van der Waals surface area contributed by atoms with Crippen molar-refractivity contribution in [3.63, 3.8) is 0 Å². The first-order valence-electron chi connectivity index (χ1n) is 4.28. The molecule has 0 aliphatic rings. The van der Waals surface area contributed by atoms with Gasteiger partial charge >= 0.3 is 13.2 Å².